The number of hydrogen-bond donors (Lipinski definition) is 1. The zero-order valence-electron chi connectivity index (χ0n) is 8.62. The summed E-state index contributed by atoms with van der Waals surface area (Å²) in [4.78, 5) is 0. The van der Waals surface area contributed by atoms with Gasteiger partial charge in [-0.2, -0.15) is 13.2 Å². The highest BCUT2D eigenvalue weighted by Crippen LogP contribution is 2.38. The molecule has 2 N–H and O–H groups in total. The third kappa shape index (κ3) is 3.34. The van der Waals surface area contributed by atoms with Crippen molar-refractivity contribution in [2.75, 3.05) is 0 Å². The molecule has 0 spiro atoms. The Morgan fingerprint density at radius 3 is 2.24 bits per heavy atom. The second kappa shape index (κ2) is 4.47. The van der Waals surface area contributed by atoms with E-state index in [0.29, 0.717) is 5.56 Å². The van der Waals surface area contributed by atoms with E-state index in [4.69, 9.17) is 11.6 Å². The van der Waals surface area contributed by atoms with Crippen molar-refractivity contribution in [1.82, 2.24) is 0 Å². The standard InChI is InChI=1S/C9H9ClF3NO2S/c1-5-2-3-6(4-7(5)10)8(9(11,12)13)17(14,15)16/h2-4,8H,1H3,(H2,14,15,16). The number of hydrogen-bond acceptors (Lipinski definition) is 2. The Kier molecular flexibility index (Phi) is 3.75. The fraction of sp³-hybridized carbons (Fsp3) is 0.333. The molecule has 1 aromatic carbocycles. The molecule has 1 rings (SSSR count). The lowest BCUT2D eigenvalue weighted by Gasteiger charge is -2.18. The normalized spacial score (nSPS) is 14.7. The highest BCUT2D eigenvalue weighted by atomic mass is 35.5. The van der Waals surface area contributed by atoms with Gasteiger partial charge in [-0.1, -0.05) is 23.7 Å². The molecule has 1 atom stereocenters. The summed E-state index contributed by atoms with van der Waals surface area (Å²) >= 11 is 5.66. The molecule has 0 bridgehead atoms. The van der Waals surface area contributed by atoms with Crippen molar-refractivity contribution in [2.24, 2.45) is 5.14 Å². The lowest BCUT2D eigenvalue weighted by Crippen LogP contribution is -2.33. The van der Waals surface area contributed by atoms with Crippen molar-refractivity contribution in [3.8, 4) is 0 Å². The number of nitrogens with two attached hydrogens (primary N) is 1. The van der Waals surface area contributed by atoms with Crippen LogP contribution in [0.5, 0.6) is 0 Å². The minimum Gasteiger partial charge on any atom is -0.228 e. The van der Waals surface area contributed by atoms with Crippen LogP contribution in [0.25, 0.3) is 0 Å². The van der Waals surface area contributed by atoms with Crippen molar-refractivity contribution in [3.63, 3.8) is 0 Å². The maximum atomic E-state index is 12.6. The maximum Gasteiger partial charge on any atom is 0.410 e. The molecule has 0 aromatic heterocycles. The van der Waals surface area contributed by atoms with Crippen LogP contribution in [-0.2, 0) is 10.0 Å². The Morgan fingerprint density at radius 2 is 1.88 bits per heavy atom. The summed E-state index contributed by atoms with van der Waals surface area (Å²) in [6.07, 6.45) is -4.98. The Hall–Kier alpha value is -0.790. The van der Waals surface area contributed by atoms with E-state index < -0.39 is 27.0 Å². The summed E-state index contributed by atoms with van der Waals surface area (Å²) < 4.78 is 59.9. The summed E-state index contributed by atoms with van der Waals surface area (Å²) in [6, 6.07) is 3.31. The molecule has 0 aliphatic carbocycles. The van der Waals surface area contributed by atoms with E-state index in [1.807, 2.05) is 0 Å². The molecule has 96 valence electrons. The van der Waals surface area contributed by atoms with Gasteiger partial charge in [0.25, 0.3) is 0 Å². The van der Waals surface area contributed by atoms with Crippen LogP contribution in [0.15, 0.2) is 18.2 Å². The number of primary sulfonamides is 1. The maximum absolute atomic E-state index is 12.6. The van der Waals surface area contributed by atoms with Gasteiger partial charge in [0.05, 0.1) is 0 Å². The summed E-state index contributed by atoms with van der Waals surface area (Å²) in [6.45, 7) is 1.59. The second-order valence-corrected chi connectivity index (χ2v) is 5.58. The summed E-state index contributed by atoms with van der Waals surface area (Å²) in [7, 11) is -4.79. The van der Waals surface area contributed by atoms with Crippen LogP contribution in [0.3, 0.4) is 0 Å². The molecule has 0 saturated heterocycles. The lowest BCUT2D eigenvalue weighted by atomic mass is 10.1. The van der Waals surface area contributed by atoms with E-state index in [1.54, 1.807) is 6.92 Å². The van der Waals surface area contributed by atoms with E-state index in [0.717, 1.165) is 12.1 Å². The predicted octanol–water partition coefficient (Wildman–Crippen LogP) is 2.54. The molecule has 0 saturated carbocycles. The van der Waals surface area contributed by atoms with Crippen molar-refractivity contribution in [2.45, 2.75) is 18.3 Å². The van der Waals surface area contributed by atoms with Crippen LogP contribution in [0.4, 0.5) is 13.2 Å². The SMILES string of the molecule is Cc1ccc(C(C(F)(F)F)S(N)(=O)=O)cc1Cl. The van der Waals surface area contributed by atoms with Crippen LogP contribution < -0.4 is 5.14 Å². The zero-order chi connectivity index (χ0) is 13.4. The van der Waals surface area contributed by atoms with E-state index >= 15 is 0 Å². The van der Waals surface area contributed by atoms with Gasteiger partial charge in [0.2, 0.25) is 10.0 Å². The lowest BCUT2D eigenvalue weighted by molar-refractivity contribution is -0.131. The number of benzene rings is 1. The summed E-state index contributed by atoms with van der Waals surface area (Å²) in [5, 5.41) is 1.89. The van der Waals surface area contributed by atoms with Gasteiger partial charge >= 0.3 is 6.18 Å². The predicted molar refractivity (Wildman–Crippen MR) is 58.1 cm³/mol. The first-order valence-corrected chi connectivity index (χ1v) is 6.36. The van der Waals surface area contributed by atoms with Gasteiger partial charge in [0.1, 0.15) is 0 Å². The second-order valence-electron chi connectivity index (χ2n) is 3.52. The smallest absolute Gasteiger partial charge is 0.228 e. The molecule has 17 heavy (non-hydrogen) atoms. The quantitative estimate of drug-likeness (QED) is 0.908. The van der Waals surface area contributed by atoms with Crippen molar-refractivity contribution >= 4 is 21.6 Å². The van der Waals surface area contributed by atoms with Gasteiger partial charge in [-0.3, -0.25) is 0 Å². The molecule has 0 amide bonds. The highest BCUT2D eigenvalue weighted by Gasteiger charge is 2.48. The third-order valence-electron chi connectivity index (χ3n) is 2.12. The molecule has 3 nitrogen and oxygen atoms in total. The number of halogens is 4. The van der Waals surface area contributed by atoms with Gasteiger partial charge in [-0.15, -0.1) is 0 Å². The van der Waals surface area contributed by atoms with Gasteiger partial charge in [-0.05, 0) is 24.1 Å². The number of sulfonamides is 1. The molecule has 0 fully saturated rings. The minimum atomic E-state index is -4.98. The molecule has 0 heterocycles. The molecule has 0 aliphatic rings. The van der Waals surface area contributed by atoms with Crippen molar-refractivity contribution < 1.29 is 21.6 Å². The Labute approximate surface area is 101 Å². The van der Waals surface area contributed by atoms with E-state index in [2.05, 4.69) is 5.14 Å². The molecule has 0 aliphatic heterocycles. The minimum absolute atomic E-state index is 0.0559. The Morgan fingerprint density at radius 1 is 1.35 bits per heavy atom. The fourth-order valence-electron chi connectivity index (χ4n) is 1.34. The molecular formula is C9H9ClF3NO2S. The van der Waals surface area contributed by atoms with E-state index in [9.17, 15) is 21.6 Å². The fourth-order valence-corrected chi connectivity index (χ4v) is 2.42. The zero-order valence-corrected chi connectivity index (χ0v) is 10.2. The Bertz CT molecular complexity index is 528. The van der Waals surface area contributed by atoms with Gasteiger partial charge in [0.15, 0.2) is 5.25 Å². The molecule has 1 aromatic rings. The monoisotopic (exact) mass is 287 g/mol. The average Bonchev–Trinajstić information content (AvgIpc) is 2.06. The van der Waals surface area contributed by atoms with Gasteiger partial charge in [0, 0.05) is 5.02 Å². The van der Waals surface area contributed by atoms with Crippen molar-refractivity contribution in [3.05, 3.63) is 34.3 Å². The van der Waals surface area contributed by atoms with Crippen LogP contribution in [0.2, 0.25) is 5.02 Å². The number of rotatable bonds is 2. The van der Waals surface area contributed by atoms with Crippen molar-refractivity contribution in [1.29, 1.82) is 0 Å². The number of aryl methyl sites for hydroxylation is 1. The average molecular weight is 288 g/mol. The first-order chi connectivity index (χ1) is 7.53. The molecule has 8 heteroatoms. The number of alkyl halides is 3. The molecule has 1 unspecified atom stereocenters. The first-order valence-electron chi connectivity index (χ1n) is 4.38. The van der Waals surface area contributed by atoms with E-state index in [-0.39, 0.29) is 5.02 Å². The largest absolute Gasteiger partial charge is 0.410 e. The van der Waals surface area contributed by atoms with Gasteiger partial charge < -0.3 is 0 Å². The molecular weight excluding hydrogens is 279 g/mol. The topological polar surface area (TPSA) is 60.2 Å². The van der Waals surface area contributed by atoms with Gasteiger partial charge in [-0.25, -0.2) is 13.6 Å². The Balaban J connectivity index is 3.39. The first kappa shape index (κ1) is 14.3. The van der Waals surface area contributed by atoms with Crippen LogP contribution in [0.1, 0.15) is 16.4 Å². The molecule has 0 radical (unpaired) electrons. The summed E-state index contributed by atoms with van der Waals surface area (Å²) in [5.41, 5.74) is 0.0568. The van der Waals surface area contributed by atoms with Crippen LogP contribution in [0, 0.1) is 6.92 Å². The van der Waals surface area contributed by atoms with Crippen LogP contribution >= 0.6 is 11.6 Å². The summed E-state index contributed by atoms with van der Waals surface area (Å²) in [5.74, 6) is 0. The third-order valence-corrected chi connectivity index (χ3v) is 3.73. The van der Waals surface area contributed by atoms with Crippen LogP contribution in [-0.4, -0.2) is 14.6 Å². The highest BCUT2D eigenvalue weighted by molar-refractivity contribution is 7.89. The van der Waals surface area contributed by atoms with E-state index in [1.165, 1.54) is 6.07 Å².